The zero-order valence-electron chi connectivity index (χ0n) is 12.6. The van der Waals surface area contributed by atoms with Crippen LogP contribution in [0.25, 0.3) is 5.69 Å². The predicted octanol–water partition coefficient (Wildman–Crippen LogP) is 1.96. The highest BCUT2D eigenvalue weighted by molar-refractivity contribution is 5.96. The first-order valence-electron chi connectivity index (χ1n) is 7.25. The number of carbonyl (C=O) groups is 1. The Hall–Kier alpha value is -2.14. The van der Waals surface area contributed by atoms with E-state index in [2.05, 4.69) is 10.4 Å². The molecule has 0 spiro atoms. The second-order valence-corrected chi connectivity index (χ2v) is 5.04. The van der Waals surface area contributed by atoms with E-state index in [0.29, 0.717) is 18.7 Å². The second kappa shape index (κ2) is 7.04. The SMILES string of the molecule is Cc1nn(-c2ccccc2)c(C)c1C(=O)NCCCCN. The van der Waals surface area contributed by atoms with E-state index < -0.39 is 0 Å². The van der Waals surface area contributed by atoms with Gasteiger partial charge in [-0.15, -0.1) is 0 Å². The molecule has 1 aromatic carbocycles. The monoisotopic (exact) mass is 286 g/mol. The lowest BCUT2D eigenvalue weighted by atomic mass is 10.1. The molecule has 1 amide bonds. The van der Waals surface area contributed by atoms with Crippen molar-refractivity contribution in [2.24, 2.45) is 5.73 Å². The summed E-state index contributed by atoms with van der Waals surface area (Å²) in [4.78, 5) is 12.3. The van der Waals surface area contributed by atoms with Gasteiger partial charge in [-0.1, -0.05) is 18.2 Å². The van der Waals surface area contributed by atoms with Gasteiger partial charge in [0.25, 0.3) is 5.91 Å². The molecule has 1 aromatic heterocycles. The van der Waals surface area contributed by atoms with Gasteiger partial charge in [0.05, 0.1) is 22.6 Å². The van der Waals surface area contributed by atoms with Gasteiger partial charge in [0, 0.05) is 6.54 Å². The minimum absolute atomic E-state index is 0.0656. The zero-order chi connectivity index (χ0) is 15.2. The number of nitrogens with two attached hydrogens (primary N) is 1. The normalized spacial score (nSPS) is 10.6. The summed E-state index contributed by atoms with van der Waals surface area (Å²) in [5, 5.41) is 7.41. The maximum Gasteiger partial charge on any atom is 0.255 e. The maximum absolute atomic E-state index is 12.3. The van der Waals surface area contributed by atoms with E-state index in [4.69, 9.17) is 5.73 Å². The molecule has 3 N–H and O–H groups in total. The fourth-order valence-corrected chi connectivity index (χ4v) is 2.35. The van der Waals surface area contributed by atoms with Crippen LogP contribution in [0.3, 0.4) is 0 Å². The molecule has 0 aliphatic carbocycles. The van der Waals surface area contributed by atoms with Gasteiger partial charge >= 0.3 is 0 Å². The van der Waals surface area contributed by atoms with Gasteiger partial charge in [0.15, 0.2) is 0 Å². The molecule has 5 nitrogen and oxygen atoms in total. The Morgan fingerprint density at radius 3 is 2.62 bits per heavy atom. The number of benzene rings is 1. The molecular formula is C16H22N4O. The third-order valence-corrected chi connectivity index (χ3v) is 3.44. The van der Waals surface area contributed by atoms with Crippen LogP contribution in [0.15, 0.2) is 30.3 Å². The molecule has 1 heterocycles. The van der Waals surface area contributed by atoms with Gasteiger partial charge in [-0.3, -0.25) is 4.79 Å². The van der Waals surface area contributed by atoms with Crippen LogP contribution in [0.4, 0.5) is 0 Å². The summed E-state index contributed by atoms with van der Waals surface area (Å²) in [6.07, 6.45) is 1.81. The van der Waals surface area contributed by atoms with Crippen LogP contribution >= 0.6 is 0 Å². The number of aryl methyl sites for hydroxylation is 1. The molecule has 0 fully saturated rings. The summed E-state index contributed by atoms with van der Waals surface area (Å²) in [6, 6.07) is 9.82. The van der Waals surface area contributed by atoms with Gasteiger partial charge in [0.2, 0.25) is 0 Å². The molecule has 112 valence electrons. The van der Waals surface area contributed by atoms with Crippen LogP contribution in [0.2, 0.25) is 0 Å². The minimum Gasteiger partial charge on any atom is -0.352 e. The summed E-state index contributed by atoms with van der Waals surface area (Å²) in [7, 11) is 0. The molecule has 0 saturated carbocycles. The number of aromatic nitrogens is 2. The van der Waals surface area contributed by atoms with E-state index >= 15 is 0 Å². The van der Waals surface area contributed by atoms with Crippen molar-refractivity contribution < 1.29 is 4.79 Å². The van der Waals surface area contributed by atoms with Crippen LogP contribution in [-0.4, -0.2) is 28.8 Å². The Labute approximate surface area is 125 Å². The molecule has 0 atom stereocenters. The van der Waals surface area contributed by atoms with Gasteiger partial charge < -0.3 is 11.1 Å². The van der Waals surface area contributed by atoms with Crippen molar-refractivity contribution in [3.05, 3.63) is 47.3 Å². The van der Waals surface area contributed by atoms with Gasteiger partial charge in [0.1, 0.15) is 0 Å². The molecule has 0 bridgehead atoms. The lowest BCUT2D eigenvalue weighted by Crippen LogP contribution is -2.26. The Kier molecular flexibility index (Phi) is 5.11. The molecule has 0 aliphatic rings. The van der Waals surface area contributed by atoms with Crippen LogP contribution in [0, 0.1) is 13.8 Å². The van der Waals surface area contributed by atoms with E-state index in [1.54, 1.807) is 0 Å². The van der Waals surface area contributed by atoms with Crippen molar-refractivity contribution >= 4 is 5.91 Å². The first kappa shape index (κ1) is 15.3. The molecule has 0 aliphatic heterocycles. The highest BCUT2D eigenvalue weighted by Gasteiger charge is 2.18. The van der Waals surface area contributed by atoms with E-state index in [-0.39, 0.29) is 5.91 Å². The zero-order valence-corrected chi connectivity index (χ0v) is 12.6. The van der Waals surface area contributed by atoms with E-state index in [9.17, 15) is 4.79 Å². The quantitative estimate of drug-likeness (QED) is 0.797. The summed E-state index contributed by atoms with van der Waals surface area (Å²) < 4.78 is 1.81. The molecule has 0 unspecified atom stereocenters. The average molecular weight is 286 g/mol. The molecule has 5 heteroatoms. The summed E-state index contributed by atoms with van der Waals surface area (Å²) >= 11 is 0. The minimum atomic E-state index is -0.0656. The number of hydrogen-bond acceptors (Lipinski definition) is 3. The van der Waals surface area contributed by atoms with Gasteiger partial charge in [-0.05, 0) is 45.4 Å². The number of carbonyl (C=O) groups excluding carboxylic acids is 1. The largest absolute Gasteiger partial charge is 0.352 e. The van der Waals surface area contributed by atoms with Crippen molar-refractivity contribution in [2.45, 2.75) is 26.7 Å². The molecule has 0 radical (unpaired) electrons. The van der Waals surface area contributed by atoms with Crippen LogP contribution in [0.5, 0.6) is 0 Å². The summed E-state index contributed by atoms with van der Waals surface area (Å²) in [5.41, 5.74) is 8.66. The molecule has 21 heavy (non-hydrogen) atoms. The number of para-hydroxylation sites is 1. The predicted molar refractivity (Wildman–Crippen MR) is 83.7 cm³/mol. The van der Waals surface area contributed by atoms with E-state index in [1.807, 2.05) is 48.9 Å². The lowest BCUT2D eigenvalue weighted by Gasteiger charge is -2.06. The first-order chi connectivity index (χ1) is 10.1. The third-order valence-electron chi connectivity index (χ3n) is 3.44. The highest BCUT2D eigenvalue weighted by atomic mass is 16.1. The van der Waals surface area contributed by atoms with Crippen molar-refractivity contribution in [1.82, 2.24) is 15.1 Å². The fourth-order valence-electron chi connectivity index (χ4n) is 2.35. The Bertz CT molecular complexity index is 604. The number of amides is 1. The topological polar surface area (TPSA) is 72.9 Å². The Morgan fingerprint density at radius 1 is 1.24 bits per heavy atom. The van der Waals surface area contributed by atoms with Crippen molar-refractivity contribution in [1.29, 1.82) is 0 Å². The second-order valence-electron chi connectivity index (χ2n) is 5.04. The third kappa shape index (κ3) is 3.49. The lowest BCUT2D eigenvalue weighted by molar-refractivity contribution is 0.0952. The average Bonchev–Trinajstić information content (AvgIpc) is 2.79. The maximum atomic E-state index is 12.3. The number of rotatable bonds is 6. The Morgan fingerprint density at radius 2 is 1.95 bits per heavy atom. The highest BCUT2D eigenvalue weighted by Crippen LogP contribution is 2.17. The smallest absolute Gasteiger partial charge is 0.255 e. The standard InChI is InChI=1S/C16H22N4O/c1-12-15(16(21)18-11-7-6-10-17)13(2)20(19-12)14-8-4-3-5-9-14/h3-5,8-9H,6-7,10-11,17H2,1-2H3,(H,18,21). The van der Waals surface area contributed by atoms with Crippen LogP contribution in [-0.2, 0) is 0 Å². The van der Waals surface area contributed by atoms with E-state index in [0.717, 1.165) is 29.9 Å². The molecule has 2 aromatic rings. The van der Waals surface area contributed by atoms with Crippen LogP contribution < -0.4 is 11.1 Å². The van der Waals surface area contributed by atoms with Crippen LogP contribution in [0.1, 0.15) is 34.6 Å². The fraction of sp³-hybridized carbons (Fsp3) is 0.375. The summed E-state index contributed by atoms with van der Waals surface area (Å²) in [6.45, 7) is 5.08. The van der Waals surface area contributed by atoms with Crippen molar-refractivity contribution in [3.8, 4) is 5.69 Å². The van der Waals surface area contributed by atoms with Gasteiger partial charge in [-0.25, -0.2) is 4.68 Å². The number of hydrogen-bond donors (Lipinski definition) is 2. The molecule has 0 saturated heterocycles. The summed E-state index contributed by atoms with van der Waals surface area (Å²) in [5.74, 6) is -0.0656. The van der Waals surface area contributed by atoms with E-state index in [1.165, 1.54) is 0 Å². The van der Waals surface area contributed by atoms with Gasteiger partial charge in [-0.2, -0.15) is 5.10 Å². The van der Waals surface area contributed by atoms with Crippen molar-refractivity contribution in [2.75, 3.05) is 13.1 Å². The first-order valence-corrected chi connectivity index (χ1v) is 7.25. The van der Waals surface area contributed by atoms with Crippen molar-refractivity contribution in [3.63, 3.8) is 0 Å². The molecular weight excluding hydrogens is 264 g/mol. The number of unbranched alkanes of at least 4 members (excludes halogenated alkanes) is 1. The molecule has 2 rings (SSSR count). The number of nitrogens with one attached hydrogen (secondary N) is 1. The Balaban J connectivity index is 2.18. The number of nitrogens with zero attached hydrogens (tertiary/aromatic N) is 2.